The average Bonchev–Trinajstić information content (AvgIpc) is 2.27. The molecule has 1 aromatic carbocycles. The van der Waals surface area contributed by atoms with E-state index < -0.39 is 6.04 Å². The van der Waals surface area contributed by atoms with Crippen molar-refractivity contribution < 1.29 is 13.9 Å². The number of hydrogen-bond donors (Lipinski definition) is 2. The number of rotatable bonds is 5. The normalized spacial score (nSPS) is 11.6. The summed E-state index contributed by atoms with van der Waals surface area (Å²) >= 11 is 3.22. The number of hydrogen-bond acceptors (Lipinski definition) is 3. The van der Waals surface area contributed by atoms with Gasteiger partial charge < -0.3 is 15.8 Å². The van der Waals surface area contributed by atoms with E-state index >= 15 is 0 Å². The average molecular weight is 342 g/mol. The molecule has 0 spiro atoms. The third-order valence-corrected chi connectivity index (χ3v) is 2.89. The van der Waals surface area contributed by atoms with Gasteiger partial charge in [0.05, 0.1) is 6.61 Å². The van der Waals surface area contributed by atoms with Crippen LogP contribution in [0.15, 0.2) is 22.7 Å². The van der Waals surface area contributed by atoms with E-state index in [2.05, 4.69) is 21.2 Å². The lowest BCUT2D eigenvalue weighted by atomic mass is 10.2. The molecular formula is C11H15BrClFN2O2. The molecule has 1 unspecified atom stereocenters. The summed E-state index contributed by atoms with van der Waals surface area (Å²) in [6.45, 7) is 0.452. The molecule has 0 aromatic heterocycles. The highest BCUT2D eigenvalue weighted by atomic mass is 79.9. The Labute approximate surface area is 120 Å². The van der Waals surface area contributed by atoms with Gasteiger partial charge >= 0.3 is 0 Å². The monoisotopic (exact) mass is 340 g/mol. The SMILES string of the molecule is COCC(N)C(=O)NCc1ccc(F)cc1Br.Cl. The van der Waals surface area contributed by atoms with Gasteiger partial charge in [-0.3, -0.25) is 4.79 Å². The van der Waals surface area contributed by atoms with Crippen molar-refractivity contribution in [2.75, 3.05) is 13.7 Å². The number of amides is 1. The highest BCUT2D eigenvalue weighted by Gasteiger charge is 2.12. The van der Waals surface area contributed by atoms with E-state index in [0.717, 1.165) is 5.56 Å². The predicted octanol–water partition coefficient (Wildman–Crippen LogP) is 1.60. The summed E-state index contributed by atoms with van der Waals surface area (Å²) in [6, 6.07) is 3.58. The Hall–Kier alpha value is -0.690. The molecule has 18 heavy (non-hydrogen) atoms. The van der Waals surface area contributed by atoms with Gasteiger partial charge in [0.15, 0.2) is 0 Å². The third kappa shape index (κ3) is 5.30. The number of nitrogens with two attached hydrogens (primary N) is 1. The van der Waals surface area contributed by atoms with E-state index in [9.17, 15) is 9.18 Å². The fraction of sp³-hybridized carbons (Fsp3) is 0.364. The maximum Gasteiger partial charge on any atom is 0.239 e. The van der Waals surface area contributed by atoms with Gasteiger partial charge in [0.25, 0.3) is 0 Å². The summed E-state index contributed by atoms with van der Waals surface area (Å²) in [5, 5.41) is 2.65. The lowest BCUT2D eigenvalue weighted by molar-refractivity contribution is -0.123. The van der Waals surface area contributed by atoms with Crippen LogP contribution in [0.4, 0.5) is 4.39 Å². The van der Waals surface area contributed by atoms with E-state index in [1.54, 1.807) is 6.07 Å². The van der Waals surface area contributed by atoms with Crippen LogP contribution in [0.5, 0.6) is 0 Å². The molecule has 0 heterocycles. The Kier molecular flexibility index (Phi) is 8.10. The van der Waals surface area contributed by atoms with Crippen molar-refractivity contribution in [2.24, 2.45) is 5.73 Å². The molecule has 0 saturated carbocycles. The lowest BCUT2D eigenvalue weighted by Crippen LogP contribution is -2.43. The molecule has 1 atom stereocenters. The lowest BCUT2D eigenvalue weighted by Gasteiger charge is -2.12. The van der Waals surface area contributed by atoms with Gasteiger partial charge in [-0.2, -0.15) is 0 Å². The molecular weight excluding hydrogens is 326 g/mol. The predicted molar refractivity (Wildman–Crippen MR) is 73.0 cm³/mol. The van der Waals surface area contributed by atoms with Gasteiger partial charge in [0, 0.05) is 18.1 Å². The molecule has 1 amide bonds. The van der Waals surface area contributed by atoms with E-state index in [0.29, 0.717) is 4.47 Å². The van der Waals surface area contributed by atoms with Gasteiger partial charge in [-0.25, -0.2) is 4.39 Å². The Morgan fingerprint density at radius 1 is 1.61 bits per heavy atom. The van der Waals surface area contributed by atoms with Crippen LogP contribution < -0.4 is 11.1 Å². The van der Waals surface area contributed by atoms with Crippen LogP contribution in [0, 0.1) is 5.82 Å². The minimum atomic E-state index is -0.695. The number of nitrogens with one attached hydrogen (secondary N) is 1. The molecule has 0 radical (unpaired) electrons. The van der Waals surface area contributed by atoms with Crippen LogP contribution >= 0.6 is 28.3 Å². The quantitative estimate of drug-likeness (QED) is 0.855. The minimum absolute atomic E-state index is 0. The Bertz CT molecular complexity index is 407. The van der Waals surface area contributed by atoms with E-state index in [1.807, 2.05) is 0 Å². The Balaban J connectivity index is 0.00000289. The van der Waals surface area contributed by atoms with Crippen molar-refractivity contribution in [3.8, 4) is 0 Å². The summed E-state index contributed by atoms with van der Waals surface area (Å²) in [4.78, 5) is 11.5. The number of halogens is 3. The molecule has 4 nitrogen and oxygen atoms in total. The maximum absolute atomic E-state index is 12.8. The number of benzene rings is 1. The van der Waals surface area contributed by atoms with Crippen molar-refractivity contribution in [1.82, 2.24) is 5.32 Å². The molecule has 0 bridgehead atoms. The van der Waals surface area contributed by atoms with Crippen molar-refractivity contribution in [1.29, 1.82) is 0 Å². The maximum atomic E-state index is 12.8. The van der Waals surface area contributed by atoms with Gasteiger partial charge in [-0.05, 0) is 17.7 Å². The number of ether oxygens (including phenoxy) is 1. The second-order valence-electron chi connectivity index (χ2n) is 3.52. The van der Waals surface area contributed by atoms with Gasteiger partial charge in [-0.1, -0.05) is 22.0 Å². The van der Waals surface area contributed by atoms with Crippen LogP contribution in [0.1, 0.15) is 5.56 Å². The zero-order valence-corrected chi connectivity index (χ0v) is 12.2. The zero-order valence-electron chi connectivity index (χ0n) is 9.78. The molecule has 102 valence electrons. The first-order valence-corrected chi connectivity index (χ1v) is 5.80. The minimum Gasteiger partial charge on any atom is -0.383 e. The molecule has 7 heteroatoms. The van der Waals surface area contributed by atoms with Crippen molar-refractivity contribution in [3.05, 3.63) is 34.1 Å². The standard InChI is InChI=1S/C11H14BrFN2O2.ClH/c1-17-6-10(14)11(16)15-5-7-2-3-8(13)4-9(7)12;/h2-4,10H,5-6,14H2,1H3,(H,15,16);1H. The van der Waals surface area contributed by atoms with E-state index in [1.165, 1.54) is 19.2 Å². The van der Waals surface area contributed by atoms with Crippen LogP contribution in [-0.2, 0) is 16.1 Å². The van der Waals surface area contributed by atoms with Crippen molar-refractivity contribution >= 4 is 34.2 Å². The number of carbonyl (C=O) groups excluding carboxylic acids is 1. The Morgan fingerprint density at radius 3 is 2.83 bits per heavy atom. The van der Waals surface area contributed by atoms with Crippen LogP contribution in [0.25, 0.3) is 0 Å². The molecule has 0 saturated heterocycles. The van der Waals surface area contributed by atoms with Gasteiger partial charge in [0.1, 0.15) is 11.9 Å². The largest absolute Gasteiger partial charge is 0.383 e. The summed E-state index contributed by atoms with van der Waals surface area (Å²) < 4.78 is 18.2. The fourth-order valence-corrected chi connectivity index (χ4v) is 1.72. The van der Waals surface area contributed by atoms with Crippen molar-refractivity contribution in [3.63, 3.8) is 0 Å². The molecule has 0 aliphatic rings. The third-order valence-electron chi connectivity index (χ3n) is 2.15. The van der Waals surface area contributed by atoms with Crippen molar-refractivity contribution in [2.45, 2.75) is 12.6 Å². The van der Waals surface area contributed by atoms with Crippen LogP contribution in [0.3, 0.4) is 0 Å². The first-order valence-electron chi connectivity index (χ1n) is 5.00. The van der Waals surface area contributed by atoms with Crippen LogP contribution in [-0.4, -0.2) is 25.7 Å². The second-order valence-corrected chi connectivity index (χ2v) is 4.37. The topological polar surface area (TPSA) is 64.3 Å². The van der Waals surface area contributed by atoms with E-state index in [4.69, 9.17) is 10.5 Å². The molecule has 0 aliphatic heterocycles. The smallest absolute Gasteiger partial charge is 0.239 e. The number of methoxy groups -OCH3 is 1. The summed E-state index contributed by atoms with van der Waals surface area (Å²) in [5.74, 6) is -0.633. The molecule has 0 fully saturated rings. The molecule has 1 aromatic rings. The molecule has 1 rings (SSSR count). The fourth-order valence-electron chi connectivity index (χ4n) is 1.23. The molecule has 3 N–H and O–H groups in total. The molecule has 0 aliphatic carbocycles. The van der Waals surface area contributed by atoms with Crippen LogP contribution in [0.2, 0.25) is 0 Å². The highest BCUT2D eigenvalue weighted by molar-refractivity contribution is 9.10. The summed E-state index contributed by atoms with van der Waals surface area (Å²) in [7, 11) is 1.48. The number of carbonyl (C=O) groups is 1. The first-order chi connectivity index (χ1) is 8.04. The Morgan fingerprint density at radius 2 is 2.28 bits per heavy atom. The van der Waals surface area contributed by atoms with Gasteiger partial charge in [0.2, 0.25) is 5.91 Å². The summed E-state index contributed by atoms with van der Waals surface area (Å²) in [5.41, 5.74) is 6.33. The van der Waals surface area contributed by atoms with Gasteiger partial charge in [-0.15, -0.1) is 12.4 Å². The van der Waals surface area contributed by atoms with E-state index in [-0.39, 0.29) is 37.3 Å². The first kappa shape index (κ1) is 17.3. The summed E-state index contributed by atoms with van der Waals surface area (Å²) in [6.07, 6.45) is 0. The second kappa shape index (κ2) is 8.42. The highest BCUT2D eigenvalue weighted by Crippen LogP contribution is 2.17. The zero-order chi connectivity index (χ0) is 12.8.